The van der Waals surface area contributed by atoms with E-state index in [1.807, 2.05) is 0 Å². The molecule has 0 spiro atoms. The molecule has 0 unspecified atom stereocenters. The smallest absolute Gasteiger partial charge is 0.331 e. The van der Waals surface area contributed by atoms with Gasteiger partial charge >= 0.3 is 35.8 Å². The number of carbonyl (C=O) groups excluding carboxylic acids is 6. The van der Waals surface area contributed by atoms with Gasteiger partial charge < -0.3 is 72.5 Å². The Balaban J connectivity index is 1.73. The number of ether oxygens (including phenoxy) is 11. The van der Waals surface area contributed by atoms with Crippen LogP contribution in [-0.4, -0.2) is 145 Å². The molecular formula is C40H46O21. The van der Waals surface area contributed by atoms with Crippen molar-refractivity contribution in [1.82, 2.24) is 0 Å². The van der Waals surface area contributed by atoms with Crippen molar-refractivity contribution in [3.05, 3.63) is 59.7 Å². The van der Waals surface area contributed by atoms with Crippen LogP contribution >= 0.6 is 0 Å². The third-order valence-corrected chi connectivity index (χ3v) is 8.80. The summed E-state index contributed by atoms with van der Waals surface area (Å²) in [6.45, 7) is 1.66. The lowest BCUT2D eigenvalue weighted by Gasteiger charge is -2.45. The second-order valence-corrected chi connectivity index (χ2v) is 13.4. The van der Waals surface area contributed by atoms with Crippen LogP contribution in [0.4, 0.5) is 0 Å². The first-order valence-corrected chi connectivity index (χ1v) is 18.3. The highest BCUT2D eigenvalue weighted by atomic mass is 16.8. The van der Waals surface area contributed by atoms with E-state index in [9.17, 15) is 49.2 Å². The van der Waals surface area contributed by atoms with Crippen LogP contribution < -0.4 is 9.47 Å². The zero-order valence-corrected chi connectivity index (χ0v) is 33.7. The van der Waals surface area contributed by atoms with Crippen LogP contribution in [0.1, 0.15) is 38.8 Å². The fraction of sp³-hybridized carbons (Fsp3) is 0.450. The molecule has 0 aliphatic carbocycles. The second-order valence-electron chi connectivity index (χ2n) is 13.4. The average Bonchev–Trinajstić information content (AvgIpc) is 3.45. The van der Waals surface area contributed by atoms with E-state index in [0.717, 1.165) is 39.8 Å². The van der Waals surface area contributed by atoms with Crippen molar-refractivity contribution in [3.8, 4) is 23.0 Å². The van der Waals surface area contributed by atoms with Gasteiger partial charge in [0, 0.05) is 39.8 Å². The molecule has 61 heavy (non-hydrogen) atoms. The van der Waals surface area contributed by atoms with Gasteiger partial charge in [0.25, 0.3) is 0 Å². The van der Waals surface area contributed by atoms with Crippen LogP contribution in [0, 0.1) is 0 Å². The highest BCUT2D eigenvalue weighted by Crippen LogP contribution is 2.40. The molecule has 2 fully saturated rings. The average molecular weight is 863 g/mol. The van der Waals surface area contributed by atoms with Crippen LogP contribution in [0.5, 0.6) is 23.0 Å². The van der Waals surface area contributed by atoms with E-state index in [0.29, 0.717) is 11.1 Å². The van der Waals surface area contributed by atoms with E-state index < -0.39 is 110 Å². The Labute approximate surface area is 348 Å². The van der Waals surface area contributed by atoms with Crippen LogP contribution in [0.25, 0.3) is 12.2 Å². The van der Waals surface area contributed by atoms with E-state index in [4.69, 9.17) is 52.1 Å². The molecule has 0 saturated carbocycles. The molecule has 332 valence electrons. The van der Waals surface area contributed by atoms with Gasteiger partial charge in [0.1, 0.15) is 44.2 Å². The summed E-state index contributed by atoms with van der Waals surface area (Å²) in [5.41, 5.74) is 0.791. The molecule has 2 aromatic carbocycles. The highest BCUT2D eigenvalue weighted by molar-refractivity contribution is 5.88. The van der Waals surface area contributed by atoms with Gasteiger partial charge in [0.2, 0.25) is 12.1 Å². The van der Waals surface area contributed by atoms with Gasteiger partial charge in [-0.1, -0.05) is 12.1 Å². The summed E-state index contributed by atoms with van der Waals surface area (Å²) >= 11 is 0. The first kappa shape index (κ1) is 47.4. The molecule has 2 heterocycles. The number of hydrogen-bond acceptors (Lipinski definition) is 21. The van der Waals surface area contributed by atoms with E-state index in [1.165, 1.54) is 62.8 Å². The lowest BCUT2D eigenvalue weighted by Crippen LogP contribution is -2.65. The Bertz CT molecular complexity index is 1970. The summed E-state index contributed by atoms with van der Waals surface area (Å²) in [4.78, 5) is 74.7. The summed E-state index contributed by atoms with van der Waals surface area (Å²) in [5, 5.41) is 43.0. The van der Waals surface area contributed by atoms with Crippen LogP contribution in [0.15, 0.2) is 48.6 Å². The van der Waals surface area contributed by atoms with Crippen molar-refractivity contribution in [1.29, 1.82) is 0 Å². The number of aromatic hydroxyl groups is 2. The first-order chi connectivity index (χ1) is 28.9. The van der Waals surface area contributed by atoms with Gasteiger partial charge in [-0.05, 0) is 47.5 Å². The molecule has 2 aliphatic heterocycles. The van der Waals surface area contributed by atoms with E-state index in [-0.39, 0.29) is 23.0 Å². The molecule has 2 saturated heterocycles. The van der Waals surface area contributed by atoms with Gasteiger partial charge in [0.15, 0.2) is 41.3 Å². The summed E-state index contributed by atoms with van der Waals surface area (Å²) in [5.74, 6) is -8.47. The number of rotatable bonds is 17. The second kappa shape index (κ2) is 21.3. The molecule has 0 bridgehead atoms. The van der Waals surface area contributed by atoms with E-state index in [2.05, 4.69) is 0 Å². The number of aliphatic hydroxyl groups is 2. The number of methoxy groups -OCH3 is 2. The summed E-state index contributed by atoms with van der Waals surface area (Å²) < 4.78 is 60.3. The Kier molecular flexibility index (Phi) is 16.6. The molecule has 21 nitrogen and oxygen atoms in total. The zero-order valence-electron chi connectivity index (χ0n) is 33.7. The van der Waals surface area contributed by atoms with Crippen molar-refractivity contribution in [2.75, 3.05) is 34.0 Å². The minimum absolute atomic E-state index is 0.0823. The molecule has 0 aromatic heterocycles. The number of phenolic OH excluding ortho intramolecular Hbond substituents is 2. The van der Waals surface area contributed by atoms with Crippen molar-refractivity contribution >= 4 is 48.0 Å². The maximum atomic E-state index is 13.4. The molecular weight excluding hydrogens is 816 g/mol. The van der Waals surface area contributed by atoms with Crippen molar-refractivity contribution in [2.45, 2.75) is 82.5 Å². The monoisotopic (exact) mass is 862 g/mol. The minimum Gasteiger partial charge on any atom is -0.504 e. The molecule has 4 N–H and O–H groups in total. The largest absolute Gasteiger partial charge is 0.504 e. The first-order valence-electron chi connectivity index (χ1n) is 18.3. The van der Waals surface area contributed by atoms with Gasteiger partial charge in [-0.25, -0.2) is 9.59 Å². The Morgan fingerprint density at radius 1 is 0.656 bits per heavy atom. The van der Waals surface area contributed by atoms with Crippen molar-refractivity contribution in [2.24, 2.45) is 0 Å². The van der Waals surface area contributed by atoms with Crippen LogP contribution in [0.2, 0.25) is 0 Å². The van der Waals surface area contributed by atoms with Crippen LogP contribution in [-0.2, 0) is 71.4 Å². The lowest BCUT2D eigenvalue weighted by atomic mass is 9.98. The maximum Gasteiger partial charge on any atom is 0.331 e. The van der Waals surface area contributed by atoms with Crippen molar-refractivity contribution < 1.29 is 101 Å². The zero-order chi connectivity index (χ0) is 45.0. The third kappa shape index (κ3) is 12.9. The Morgan fingerprint density at radius 2 is 1.18 bits per heavy atom. The van der Waals surface area contributed by atoms with Gasteiger partial charge in [-0.15, -0.1) is 0 Å². The molecule has 0 radical (unpaired) electrons. The minimum atomic E-state index is -2.63. The normalized spacial score (nSPS) is 26.0. The number of carbonyl (C=O) groups is 6. The molecule has 9 atom stereocenters. The summed E-state index contributed by atoms with van der Waals surface area (Å²) in [6.07, 6.45) is -10.0. The van der Waals surface area contributed by atoms with E-state index in [1.54, 1.807) is 0 Å². The molecule has 21 heteroatoms. The van der Waals surface area contributed by atoms with E-state index >= 15 is 0 Å². The van der Waals surface area contributed by atoms with Gasteiger partial charge in [-0.2, -0.15) is 0 Å². The van der Waals surface area contributed by atoms with Crippen molar-refractivity contribution in [3.63, 3.8) is 0 Å². The standard InChI is InChI=1S/C40H46O21/c1-20(41)53-18-31-36(56-22(3)43)35(50)37(57-23(4)44)39(58-31)61-40(19-55-21(2)42)38(59-33(48)14-10-25-8-12-27(46)29(16-25)52-6)34(49)30(60-40)17-54-32(47)13-9-24-7-11-26(45)28(15-24)51-5/h7-16,30-31,34-39,45-46,49-50H,17-19H2,1-6H3/b13-9+,14-10+/t30-,31-,34-,35+,36-,37-,38+,39+,40+/m1/s1. The number of hydrogen-bond donors (Lipinski definition) is 4. The fourth-order valence-corrected chi connectivity index (χ4v) is 6.06. The number of esters is 6. The quantitative estimate of drug-likeness (QED) is 0.0974. The SMILES string of the molecule is COc1cc(/C=C/C(=O)OC[C@H]2O[C@@](COC(C)=O)(O[C@@H]3O[C@H](COC(C)=O)[C@@H](OC(C)=O)[C@H](O)[C@H]3OC(C)=O)[C@@H](OC(=O)/C=C/c3ccc(O)c(OC)c3)[C@@H]2O)ccc1O. The topological polar surface area (TPSA) is 285 Å². The lowest BCUT2D eigenvalue weighted by molar-refractivity contribution is -0.384. The Hall–Kier alpha value is -6.26. The maximum absolute atomic E-state index is 13.4. The molecule has 2 aromatic rings. The summed E-state index contributed by atoms with van der Waals surface area (Å²) in [6, 6.07) is 8.40. The predicted molar refractivity (Wildman–Crippen MR) is 202 cm³/mol. The fourth-order valence-electron chi connectivity index (χ4n) is 6.06. The molecule has 4 rings (SSSR count). The van der Waals surface area contributed by atoms with Gasteiger partial charge in [0.05, 0.1) is 14.2 Å². The highest BCUT2D eigenvalue weighted by Gasteiger charge is 2.63. The van der Waals surface area contributed by atoms with Crippen LogP contribution in [0.3, 0.4) is 0 Å². The number of phenols is 2. The molecule has 2 aliphatic rings. The molecule has 0 amide bonds. The number of benzene rings is 2. The third-order valence-electron chi connectivity index (χ3n) is 8.80. The summed E-state index contributed by atoms with van der Waals surface area (Å²) in [7, 11) is 2.65. The number of aliphatic hydroxyl groups excluding tert-OH is 2. The van der Waals surface area contributed by atoms with Gasteiger partial charge in [-0.3, -0.25) is 19.2 Å². The Morgan fingerprint density at radius 3 is 1.70 bits per heavy atom. The predicted octanol–water partition coefficient (Wildman–Crippen LogP) is 0.845.